The minimum absolute atomic E-state index is 0. The molecule has 138 valence electrons. The van der Waals surface area contributed by atoms with Crippen molar-refractivity contribution in [3.63, 3.8) is 0 Å². The molecule has 0 bridgehead atoms. The van der Waals surface area contributed by atoms with Gasteiger partial charge in [0.05, 0.1) is 5.69 Å². The van der Waals surface area contributed by atoms with Gasteiger partial charge in [-0.1, -0.05) is 18.5 Å². The summed E-state index contributed by atoms with van der Waals surface area (Å²) in [5.41, 5.74) is 2.18. The zero-order chi connectivity index (χ0) is 16.7. The third-order valence-corrected chi connectivity index (χ3v) is 5.67. The third kappa shape index (κ3) is 6.46. The zero-order valence-electron chi connectivity index (χ0n) is 15.2. The normalized spacial score (nSPS) is 21.2. The van der Waals surface area contributed by atoms with Crippen LogP contribution in [0.25, 0.3) is 0 Å². The molecule has 1 fully saturated rings. The van der Waals surface area contributed by atoms with Gasteiger partial charge in [-0.2, -0.15) is 11.8 Å². The Morgan fingerprint density at radius 1 is 1.38 bits per heavy atom. The molecular weight excluding hydrogens is 435 g/mol. The van der Waals surface area contributed by atoms with E-state index in [0.717, 1.165) is 35.6 Å². The number of rotatable bonds is 6. The minimum Gasteiger partial charge on any atom is -0.361 e. The number of guanidine groups is 1. The van der Waals surface area contributed by atoms with Crippen LogP contribution in [0.2, 0.25) is 0 Å². The first-order valence-electron chi connectivity index (χ1n) is 8.64. The molecule has 0 amide bonds. The number of nitrogens with one attached hydrogen (secondary N) is 2. The Morgan fingerprint density at radius 3 is 2.79 bits per heavy atom. The summed E-state index contributed by atoms with van der Waals surface area (Å²) >= 11 is 2.09. The number of aryl methyl sites for hydroxylation is 2. The zero-order valence-corrected chi connectivity index (χ0v) is 18.4. The Morgan fingerprint density at radius 2 is 2.17 bits per heavy atom. The number of hydrogen-bond donors (Lipinski definition) is 2. The molecule has 0 radical (unpaired) electrons. The highest BCUT2D eigenvalue weighted by Gasteiger charge is 2.22. The van der Waals surface area contributed by atoms with Crippen molar-refractivity contribution in [3.8, 4) is 0 Å². The Kier molecular flexibility index (Phi) is 10.1. The van der Waals surface area contributed by atoms with E-state index in [-0.39, 0.29) is 24.0 Å². The summed E-state index contributed by atoms with van der Waals surface area (Å²) in [6, 6.07) is 0.540. The van der Waals surface area contributed by atoms with Crippen molar-refractivity contribution >= 4 is 41.7 Å². The van der Waals surface area contributed by atoms with Crippen LogP contribution in [-0.4, -0.2) is 41.8 Å². The molecule has 0 aromatic carbocycles. The van der Waals surface area contributed by atoms with E-state index in [4.69, 9.17) is 4.52 Å². The van der Waals surface area contributed by atoms with E-state index < -0.39 is 0 Å². The maximum absolute atomic E-state index is 5.21. The molecule has 1 aromatic rings. The Balaban J connectivity index is 0.00000288. The van der Waals surface area contributed by atoms with Crippen LogP contribution in [0.1, 0.15) is 49.6 Å². The van der Waals surface area contributed by atoms with Crippen LogP contribution in [0.5, 0.6) is 0 Å². The molecule has 0 aliphatic heterocycles. The molecule has 2 N–H and O–H groups in total. The second-order valence-corrected chi connectivity index (χ2v) is 7.71. The maximum atomic E-state index is 5.21. The molecule has 1 aliphatic carbocycles. The van der Waals surface area contributed by atoms with Gasteiger partial charge in [0.15, 0.2) is 5.96 Å². The molecule has 2 atom stereocenters. The van der Waals surface area contributed by atoms with Gasteiger partial charge >= 0.3 is 0 Å². The first-order chi connectivity index (χ1) is 11.1. The highest BCUT2D eigenvalue weighted by molar-refractivity contribution is 14.0. The summed E-state index contributed by atoms with van der Waals surface area (Å²) in [6.07, 6.45) is 6.05. The third-order valence-electron chi connectivity index (χ3n) is 4.44. The lowest BCUT2D eigenvalue weighted by atomic mass is 9.95. The van der Waals surface area contributed by atoms with Gasteiger partial charge in [-0.05, 0) is 45.3 Å². The Bertz CT molecular complexity index is 499. The van der Waals surface area contributed by atoms with E-state index in [1.54, 1.807) is 0 Å². The van der Waals surface area contributed by atoms with Gasteiger partial charge < -0.3 is 15.2 Å². The van der Waals surface area contributed by atoms with Gasteiger partial charge in [-0.15, -0.1) is 24.0 Å². The average molecular weight is 466 g/mol. The fraction of sp³-hybridized carbons (Fsp3) is 0.765. The van der Waals surface area contributed by atoms with E-state index in [0.29, 0.717) is 6.04 Å². The molecule has 0 spiro atoms. The summed E-state index contributed by atoms with van der Waals surface area (Å²) in [7, 11) is 1.84. The van der Waals surface area contributed by atoms with Gasteiger partial charge in [0.1, 0.15) is 5.76 Å². The smallest absolute Gasteiger partial charge is 0.191 e. The predicted octanol–water partition coefficient (Wildman–Crippen LogP) is 3.68. The molecule has 7 heteroatoms. The van der Waals surface area contributed by atoms with Crippen LogP contribution in [0, 0.1) is 13.8 Å². The van der Waals surface area contributed by atoms with Crippen LogP contribution in [0.15, 0.2) is 9.52 Å². The summed E-state index contributed by atoms with van der Waals surface area (Å²) in [5.74, 6) is 3.03. The molecule has 1 saturated carbocycles. The van der Waals surface area contributed by atoms with Crippen LogP contribution >= 0.6 is 35.7 Å². The van der Waals surface area contributed by atoms with Crippen molar-refractivity contribution in [2.75, 3.05) is 19.3 Å². The number of aromatic nitrogens is 1. The first kappa shape index (κ1) is 21.6. The second kappa shape index (κ2) is 11.2. The molecule has 1 aliphatic rings. The fourth-order valence-corrected chi connectivity index (χ4v) is 4.39. The summed E-state index contributed by atoms with van der Waals surface area (Å²) in [6.45, 7) is 7.04. The van der Waals surface area contributed by atoms with Gasteiger partial charge in [0, 0.05) is 30.4 Å². The highest BCUT2D eigenvalue weighted by atomic mass is 127. The van der Waals surface area contributed by atoms with Crippen molar-refractivity contribution in [1.29, 1.82) is 0 Å². The summed E-state index contributed by atoms with van der Waals surface area (Å²) in [5, 5.41) is 11.8. The van der Waals surface area contributed by atoms with Crippen molar-refractivity contribution in [3.05, 3.63) is 17.0 Å². The molecule has 2 rings (SSSR count). The number of aliphatic imine (C=N–C) groups is 1. The maximum Gasteiger partial charge on any atom is 0.191 e. The van der Waals surface area contributed by atoms with Gasteiger partial charge in [-0.25, -0.2) is 0 Å². The van der Waals surface area contributed by atoms with Gasteiger partial charge in [0.25, 0.3) is 0 Å². The molecule has 2 unspecified atom stereocenters. The van der Waals surface area contributed by atoms with Crippen LogP contribution in [-0.2, 0) is 6.42 Å². The standard InChI is InChI=1S/C17H30N4OS.HI/c1-5-23-15-8-6-7-14(11-15)20-17(18-4)19-10-9-16-12(2)21-22-13(16)3;/h14-15H,5-11H2,1-4H3,(H2,18,19,20);1H. The van der Waals surface area contributed by atoms with Crippen molar-refractivity contribution in [2.24, 2.45) is 4.99 Å². The van der Waals surface area contributed by atoms with E-state index in [1.807, 2.05) is 20.9 Å². The van der Waals surface area contributed by atoms with Crippen molar-refractivity contribution < 1.29 is 4.52 Å². The monoisotopic (exact) mass is 466 g/mol. The lowest BCUT2D eigenvalue weighted by Gasteiger charge is -2.30. The van der Waals surface area contributed by atoms with E-state index in [1.165, 1.54) is 37.0 Å². The SMILES string of the molecule is CCSC1CCCC(NC(=NC)NCCc2c(C)noc2C)C1.I. The second-order valence-electron chi connectivity index (χ2n) is 6.14. The molecular formula is C17H31IN4OS. The highest BCUT2D eigenvalue weighted by Crippen LogP contribution is 2.28. The Labute approximate surface area is 167 Å². The van der Waals surface area contributed by atoms with Gasteiger partial charge in [-0.3, -0.25) is 4.99 Å². The molecule has 0 saturated heterocycles. The predicted molar refractivity (Wildman–Crippen MR) is 114 cm³/mol. The fourth-order valence-electron chi connectivity index (χ4n) is 3.22. The quantitative estimate of drug-likeness (QED) is 0.381. The molecule has 1 aromatic heterocycles. The van der Waals surface area contributed by atoms with E-state index >= 15 is 0 Å². The van der Waals surface area contributed by atoms with Crippen LogP contribution in [0.4, 0.5) is 0 Å². The topological polar surface area (TPSA) is 62.5 Å². The molecule has 1 heterocycles. The number of hydrogen-bond acceptors (Lipinski definition) is 4. The molecule has 5 nitrogen and oxygen atoms in total. The number of halogens is 1. The van der Waals surface area contributed by atoms with Crippen molar-refractivity contribution in [1.82, 2.24) is 15.8 Å². The average Bonchev–Trinajstić information content (AvgIpc) is 2.86. The molecule has 24 heavy (non-hydrogen) atoms. The van der Waals surface area contributed by atoms with E-state index in [9.17, 15) is 0 Å². The van der Waals surface area contributed by atoms with E-state index in [2.05, 4.69) is 39.5 Å². The summed E-state index contributed by atoms with van der Waals surface area (Å²) in [4.78, 5) is 4.37. The van der Waals surface area contributed by atoms with Crippen LogP contribution < -0.4 is 10.6 Å². The first-order valence-corrected chi connectivity index (χ1v) is 9.69. The Hall–Kier alpha value is -0.440. The van der Waals surface area contributed by atoms with Gasteiger partial charge in [0.2, 0.25) is 0 Å². The largest absolute Gasteiger partial charge is 0.361 e. The summed E-state index contributed by atoms with van der Waals surface area (Å²) < 4.78 is 5.21. The lowest BCUT2D eigenvalue weighted by Crippen LogP contribution is -2.46. The number of thioether (sulfide) groups is 1. The minimum atomic E-state index is 0. The lowest BCUT2D eigenvalue weighted by molar-refractivity contribution is 0.392. The van der Waals surface area contributed by atoms with Crippen molar-refractivity contribution in [2.45, 2.75) is 64.2 Å². The van der Waals surface area contributed by atoms with Crippen LogP contribution in [0.3, 0.4) is 0 Å². The number of nitrogens with zero attached hydrogens (tertiary/aromatic N) is 2.